The Morgan fingerprint density at radius 1 is 1.04 bits per heavy atom. The van der Waals surface area contributed by atoms with E-state index in [0.717, 1.165) is 39.1 Å². The highest BCUT2D eigenvalue weighted by atomic mass is 15.3. The van der Waals surface area contributed by atoms with Crippen LogP contribution in [0.4, 0.5) is 11.6 Å². The van der Waals surface area contributed by atoms with Gasteiger partial charge in [-0.2, -0.15) is 0 Å². The number of rotatable bonds is 6. The summed E-state index contributed by atoms with van der Waals surface area (Å²) in [6.45, 7) is 11.6. The summed E-state index contributed by atoms with van der Waals surface area (Å²) in [6, 6.07) is 9.13. The Kier molecular flexibility index (Phi) is 5.87. The molecule has 25 heavy (non-hydrogen) atoms. The second kappa shape index (κ2) is 8.30. The lowest BCUT2D eigenvalue weighted by Crippen LogP contribution is -2.46. The van der Waals surface area contributed by atoms with Crippen LogP contribution in [0.3, 0.4) is 0 Å². The molecule has 0 unspecified atom stereocenters. The molecule has 134 valence electrons. The van der Waals surface area contributed by atoms with Crippen LogP contribution in [0.2, 0.25) is 0 Å². The fraction of sp³-hybridized carbons (Fsp3) is 0.500. The highest BCUT2D eigenvalue weighted by molar-refractivity contribution is 5.54. The Labute approximate surface area is 151 Å². The molecule has 1 saturated heterocycles. The minimum absolute atomic E-state index is 0.352. The lowest BCUT2D eigenvalue weighted by molar-refractivity contribution is 0.249. The summed E-state index contributed by atoms with van der Waals surface area (Å²) >= 11 is 0. The van der Waals surface area contributed by atoms with Crippen LogP contribution >= 0.6 is 0 Å². The summed E-state index contributed by atoms with van der Waals surface area (Å²) in [7, 11) is 0. The highest BCUT2D eigenvalue weighted by Crippen LogP contribution is 2.22. The van der Waals surface area contributed by atoms with Crippen molar-refractivity contribution in [3.05, 3.63) is 47.8 Å². The van der Waals surface area contributed by atoms with Crippen LogP contribution in [0.15, 0.2) is 36.7 Å². The maximum Gasteiger partial charge on any atom is 0.222 e. The monoisotopic (exact) mass is 339 g/mol. The Balaban J connectivity index is 1.54. The van der Waals surface area contributed by atoms with Crippen LogP contribution < -0.4 is 10.2 Å². The number of nitrogens with one attached hydrogen (secondary N) is 1. The lowest BCUT2D eigenvalue weighted by atomic mass is 10.1. The molecule has 1 aliphatic heterocycles. The smallest absolute Gasteiger partial charge is 0.222 e. The van der Waals surface area contributed by atoms with E-state index >= 15 is 0 Å². The number of hydrogen-bond acceptors (Lipinski definition) is 5. The fourth-order valence-electron chi connectivity index (χ4n) is 3.29. The Morgan fingerprint density at radius 2 is 1.72 bits per heavy atom. The predicted octanol–water partition coefficient (Wildman–Crippen LogP) is 3.18. The second-order valence-corrected chi connectivity index (χ2v) is 6.96. The molecule has 1 fully saturated rings. The highest BCUT2D eigenvalue weighted by Gasteiger charge is 2.19. The van der Waals surface area contributed by atoms with Crippen molar-refractivity contribution in [1.82, 2.24) is 14.9 Å². The number of piperazine rings is 1. The molecule has 5 heteroatoms. The molecular formula is C20H29N5. The SMILES string of the molecule is CCc1ccccc1N1CCN(Cc2cnc(NC(C)C)nc2)CC1. The van der Waals surface area contributed by atoms with E-state index < -0.39 is 0 Å². The summed E-state index contributed by atoms with van der Waals surface area (Å²) in [4.78, 5) is 13.8. The molecule has 0 radical (unpaired) electrons. The zero-order chi connectivity index (χ0) is 17.6. The summed E-state index contributed by atoms with van der Waals surface area (Å²) < 4.78 is 0. The normalized spacial score (nSPS) is 15.6. The molecule has 0 aliphatic carbocycles. The number of aromatic nitrogens is 2. The van der Waals surface area contributed by atoms with E-state index in [9.17, 15) is 0 Å². The van der Waals surface area contributed by atoms with Crippen LogP contribution in [0.25, 0.3) is 0 Å². The van der Waals surface area contributed by atoms with Gasteiger partial charge in [0.25, 0.3) is 0 Å². The van der Waals surface area contributed by atoms with Gasteiger partial charge >= 0.3 is 0 Å². The maximum atomic E-state index is 4.41. The van der Waals surface area contributed by atoms with Crippen molar-refractivity contribution in [3.8, 4) is 0 Å². The Bertz CT molecular complexity index is 660. The lowest BCUT2D eigenvalue weighted by Gasteiger charge is -2.37. The van der Waals surface area contributed by atoms with E-state index in [0.29, 0.717) is 12.0 Å². The van der Waals surface area contributed by atoms with Crippen LogP contribution in [0.5, 0.6) is 0 Å². The molecule has 5 nitrogen and oxygen atoms in total. The fourth-order valence-corrected chi connectivity index (χ4v) is 3.29. The second-order valence-electron chi connectivity index (χ2n) is 6.96. The first kappa shape index (κ1) is 17.7. The van der Waals surface area contributed by atoms with Crippen molar-refractivity contribution in [2.75, 3.05) is 36.4 Å². The third-order valence-electron chi connectivity index (χ3n) is 4.61. The molecule has 0 atom stereocenters. The topological polar surface area (TPSA) is 44.3 Å². The van der Waals surface area contributed by atoms with Gasteiger partial charge in [-0.15, -0.1) is 0 Å². The first-order chi connectivity index (χ1) is 12.2. The number of aryl methyl sites for hydroxylation is 1. The maximum absolute atomic E-state index is 4.41. The quantitative estimate of drug-likeness (QED) is 0.876. The van der Waals surface area contributed by atoms with Crippen molar-refractivity contribution in [1.29, 1.82) is 0 Å². The third-order valence-corrected chi connectivity index (χ3v) is 4.61. The van der Waals surface area contributed by atoms with Gasteiger partial charge in [0.15, 0.2) is 0 Å². The van der Waals surface area contributed by atoms with Crippen molar-refractivity contribution in [3.63, 3.8) is 0 Å². The number of anilines is 2. The molecule has 1 aliphatic rings. The number of benzene rings is 1. The number of para-hydroxylation sites is 1. The Morgan fingerprint density at radius 3 is 2.36 bits per heavy atom. The van der Waals surface area contributed by atoms with Crippen LogP contribution in [-0.4, -0.2) is 47.1 Å². The Hall–Kier alpha value is -2.14. The largest absolute Gasteiger partial charge is 0.369 e. The summed E-state index contributed by atoms with van der Waals surface area (Å²) in [5, 5.41) is 3.23. The number of nitrogens with zero attached hydrogens (tertiary/aromatic N) is 4. The van der Waals surface area contributed by atoms with E-state index in [4.69, 9.17) is 0 Å². The van der Waals surface area contributed by atoms with Gasteiger partial charge in [-0.05, 0) is 31.9 Å². The van der Waals surface area contributed by atoms with Gasteiger partial charge in [0, 0.05) is 62.4 Å². The standard InChI is InChI=1S/C20H29N5/c1-4-18-7-5-6-8-19(18)25-11-9-24(10-12-25)15-17-13-21-20(22-14-17)23-16(2)3/h5-8,13-14,16H,4,9-12,15H2,1-3H3,(H,21,22,23). The molecule has 2 heterocycles. The van der Waals surface area contributed by atoms with Gasteiger partial charge in [0.2, 0.25) is 5.95 Å². The van der Waals surface area contributed by atoms with E-state index in [1.54, 1.807) is 0 Å². The van der Waals surface area contributed by atoms with E-state index in [1.165, 1.54) is 16.8 Å². The molecule has 1 N–H and O–H groups in total. The van der Waals surface area contributed by atoms with Crippen molar-refractivity contribution in [2.45, 2.75) is 39.8 Å². The molecule has 1 aromatic heterocycles. The molecule has 0 bridgehead atoms. The van der Waals surface area contributed by atoms with Crippen LogP contribution in [0.1, 0.15) is 31.9 Å². The van der Waals surface area contributed by atoms with E-state index in [2.05, 4.69) is 70.1 Å². The summed E-state index contributed by atoms with van der Waals surface area (Å²) in [5.74, 6) is 0.708. The van der Waals surface area contributed by atoms with Crippen LogP contribution in [0, 0.1) is 0 Å². The van der Waals surface area contributed by atoms with Gasteiger partial charge in [0.05, 0.1) is 0 Å². The summed E-state index contributed by atoms with van der Waals surface area (Å²) in [5.41, 5.74) is 4.02. The first-order valence-corrected chi connectivity index (χ1v) is 9.28. The van der Waals surface area contributed by atoms with Gasteiger partial charge in [-0.1, -0.05) is 25.1 Å². The van der Waals surface area contributed by atoms with E-state index in [1.807, 2.05) is 12.4 Å². The summed E-state index contributed by atoms with van der Waals surface area (Å²) in [6.07, 6.45) is 4.97. The van der Waals surface area contributed by atoms with Crippen LogP contribution in [-0.2, 0) is 13.0 Å². The minimum Gasteiger partial charge on any atom is -0.369 e. The van der Waals surface area contributed by atoms with Gasteiger partial charge < -0.3 is 10.2 Å². The molecule has 3 rings (SSSR count). The molecule has 0 spiro atoms. The molecule has 0 amide bonds. The predicted molar refractivity (Wildman–Crippen MR) is 104 cm³/mol. The zero-order valence-electron chi connectivity index (χ0n) is 15.6. The molecule has 0 saturated carbocycles. The zero-order valence-corrected chi connectivity index (χ0v) is 15.6. The van der Waals surface area contributed by atoms with Crippen molar-refractivity contribution in [2.24, 2.45) is 0 Å². The van der Waals surface area contributed by atoms with Gasteiger partial charge in [0.1, 0.15) is 0 Å². The number of hydrogen-bond donors (Lipinski definition) is 1. The molecular weight excluding hydrogens is 310 g/mol. The third kappa shape index (κ3) is 4.69. The molecule has 1 aromatic carbocycles. The first-order valence-electron chi connectivity index (χ1n) is 9.28. The average molecular weight is 339 g/mol. The van der Waals surface area contributed by atoms with Crippen molar-refractivity contribution >= 4 is 11.6 Å². The van der Waals surface area contributed by atoms with Crippen molar-refractivity contribution < 1.29 is 0 Å². The van der Waals surface area contributed by atoms with E-state index in [-0.39, 0.29) is 0 Å². The molecule has 2 aromatic rings. The average Bonchev–Trinajstić information content (AvgIpc) is 2.63. The van der Waals surface area contributed by atoms with Gasteiger partial charge in [-0.3, -0.25) is 4.90 Å². The minimum atomic E-state index is 0.352. The van der Waals surface area contributed by atoms with Gasteiger partial charge in [-0.25, -0.2) is 9.97 Å².